The van der Waals surface area contributed by atoms with Gasteiger partial charge in [-0.25, -0.2) is 0 Å². The van der Waals surface area contributed by atoms with Gasteiger partial charge in [-0.3, -0.25) is 9.59 Å². The molecule has 0 atom stereocenters. The van der Waals surface area contributed by atoms with Gasteiger partial charge in [0, 0.05) is 18.3 Å². The summed E-state index contributed by atoms with van der Waals surface area (Å²) in [6.07, 6.45) is 0. The summed E-state index contributed by atoms with van der Waals surface area (Å²) in [7, 11) is 0. The number of rotatable bonds is 3. The molecule has 2 amide bonds. The standard InChI is InChI=1S/C15H13BrN2O4/c1-2-18-10-4-3-9(7-12(10)21-8-14(18)19)17-15(20)11-5-6-13(16)22-11/h3-7H,2,8H2,1H3,(H,17,20). The van der Waals surface area contributed by atoms with Crippen LogP contribution in [0.5, 0.6) is 5.75 Å². The molecule has 1 aliphatic heterocycles. The van der Waals surface area contributed by atoms with Crippen molar-refractivity contribution in [3.63, 3.8) is 0 Å². The fourth-order valence-electron chi connectivity index (χ4n) is 2.26. The third-order valence-corrected chi connectivity index (χ3v) is 3.70. The Morgan fingerprint density at radius 1 is 1.36 bits per heavy atom. The fraction of sp³-hybridized carbons (Fsp3) is 0.200. The van der Waals surface area contributed by atoms with Crippen molar-refractivity contribution in [1.29, 1.82) is 0 Å². The molecule has 0 bridgehead atoms. The second-order valence-corrected chi connectivity index (χ2v) is 5.45. The summed E-state index contributed by atoms with van der Waals surface area (Å²) in [6, 6.07) is 8.39. The molecule has 0 unspecified atom stereocenters. The van der Waals surface area contributed by atoms with Crippen LogP contribution in [0.2, 0.25) is 0 Å². The van der Waals surface area contributed by atoms with E-state index in [2.05, 4.69) is 21.2 Å². The number of fused-ring (bicyclic) bond motifs is 1. The molecular weight excluding hydrogens is 352 g/mol. The zero-order valence-corrected chi connectivity index (χ0v) is 13.3. The maximum absolute atomic E-state index is 12.0. The zero-order chi connectivity index (χ0) is 15.7. The van der Waals surface area contributed by atoms with Crippen LogP contribution in [0.25, 0.3) is 0 Å². The molecule has 0 saturated heterocycles. The molecule has 1 aliphatic rings. The van der Waals surface area contributed by atoms with Gasteiger partial charge in [0.15, 0.2) is 17.0 Å². The molecule has 22 heavy (non-hydrogen) atoms. The van der Waals surface area contributed by atoms with Gasteiger partial charge in [-0.15, -0.1) is 0 Å². The van der Waals surface area contributed by atoms with Crippen molar-refractivity contribution in [2.75, 3.05) is 23.4 Å². The summed E-state index contributed by atoms with van der Waals surface area (Å²) in [5, 5.41) is 2.73. The van der Waals surface area contributed by atoms with Gasteiger partial charge in [0.25, 0.3) is 11.8 Å². The third kappa shape index (κ3) is 2.71. The average Bonchev–Trinajstić information content (AvgIpc) is 2.94. The number of hydrogen-bond donors (Lipinski definition) is 1. The van der Waals surface area contributed by atoms with Gasteiger partial charge in [-0.05, 0) is 47.1 Å². The van der Waals surface area contributed by atoms with E-state index in [-0.39, 0.29) is 24.2 Å². The lowest BCUT2D eigenvalue weighted by atomic mass is 10.2. The summed E-state index contributed by atoms with van der Waals surface area (Å²) in [5.41, 5.74) is 1.28. The molecule has 1 aromatic carbocycles. The first kappa shape index (κ1) is 14.6. The Kier molecular flexibility index (Phi) is 3.89. The van der Waals surface area contributed by atoms with Crippen molar-refractivity contribution in [3.8, 4) is 5.75 Å². The van der Waals surface area contributed by atoms with Gasteiger partial charge in [-0.1, -0.05) is 0 Å². The highest BCUT2D eigenvalue weighted by Gasteiger charge is 2.24. The van der Waals surface area contributed by atoms with Gasteiger partial charge in [0.1, 0.15) is 5.75 Å². The van der Waals surface area contributed by atoms with E-state index in [0.717, 1.165) is 0 Å². The quantitative estimate of drug-likeness (QED) is 0.908. The summed E-state index contributed by atoms with van der Waals surface area (Å²) in [6.45, 7) is 2.47. The lowest BCUT2D eigenvalue weighted by Gasteiger charge is -2.28. The van der Waals surface area contributed by atoms with Crippen LogP contribution in [0.1, 0.15) is 17.5 Å². The Bertz CT molecular complexity index is 741. The van der Waals surface area contributed by atoms with E-state index in [1.165, 1.54) is 0 Å². The van der Waals surface area contributed by atoms with Crippen LogP contribution in [0, 0.1) is 0 Å². The van der Waals surface area contributed by atoms with E-state index in [1.54, 1.807) is 35.2 Å². The molecule has 0 radical (unpaired) electrons. The van der Waals surface area contributed by atoms with Gasteiger partial charge >= 0.3 is 0 Å². The number of halogens is 1. The van der Waals surface area contributed by atoms with E-state index in [1.807, 2.05) is 6.92 Å². The second-order valence-electron chi connectivity index (χ2n) is 4.67. The summed E-state index contributed by atoms with van der Waals surface area (Å²) in [5.74, 6) is 0.341. The average molecular weight is 365 g/mol. The first-order chi connectivity index (χ1) is 10.6. The number of amides is 2. The van der Waals surface area contributed by atoms with Gasteiger partial charge in [-0.2, -0.15) is 0 Å². The molecule has 0 spiro atoms. The SMILES string of the molecule is CCN1C(=O)COc2cc(NC(=O)c3ccc(Br)o3)ccc21. The first-order valence-corrected chi connectivity index (χ1v) is 7.51. The van der Waals surface area contributed by atoms with E-state index >= 15 is 0 Å². The lowest BCUT2D eigenvalue weighted by molar-refractivity contribution is -0.121. The van der Waals surface area contributed by atoms with Crippen molar-refractivity contribution in [2.24, 2.45) is 0 Å². The topological polar surface area (TPSA) is 71.8 Å². The predicted molar refractivity (Wildman–Crippen MR) is 84.3 cm³/mol. The van der Waals surface area contributed by atoms with Crippen molar-refractivity contribution >= 4 is 39.1 Å². The second kappa shape index (κ2) is 5.84. The summed E-state index contributed by atoms with van der Waals surface area (Å²) >= 11 is 3.15. The minimum Gasteiger partial charge on any atom is -0.481 e. The minimum absolute atomic E-state index is 0.00334. The van der Waals surface area contributed by atoms with Crippen LogP contribution in [-0.4, -0.2) is 25.0 Å². The van der Waals surface area contributed by atoms with Crippen molar-refractivity contribution in [1.82, 2.24) is 0 Å². The molecule has 7 heteroatoms. The van der Waals surface area contributed by atoms with Crippen LogP contribution in [-0.2, 0) is 4.79 Å². The number of likely N-dealkylation sites (N-methyl/N-ethyl adjacent to an activating group) is 1. The van der Waals surface area contributed by atoms with Crippen molar-refractivity contribution in [2.45, 2.75) is 6.92 Å². The van der Waals surface area contributed by atoms with Gasteiger partial charge < -0.3 is 19.4 Å². The first-order valence-electron chi connectivity index (χ1n) is 6.72. The molecule has 114 valence electrons. The molecule has 1 N–H and O–H groups in total. The highest BCUT2D eigenvalue weighted by atomic mass is 79.9. The molecule has 2 heterocycles. The largest absolute Gasteiger partial charge is 0.481 e. The molecule has 0 aliphatic carbocycles. The Balaban J connectivity index is 1.82. The van der Waals surface area contributed by atoms with E-state index in [4.69, 9.17) is 9.15 Å². The molecule has 2 aromatic rings. The number of carbonyl (C=O) groups is 2. The van der Waals surface area contributed by atoms with Crippen molar-refractivity contribution < 1.29 is 18.7 Å². The van der Waals surface area contributed by atoms with Crippen LogP contribution in [0.15, 0.2) is 39.4 Å². The van der Waals surface area contributed by atoms with Crippen LogP contribution in [0.4, 0.5) is 11.4 Å². The maximum atomic E-state index is 12.0. The minimum atomic E-state index is -0.357. The normalized spacial score (nSPS) is 13.5. The number of carbonyl (C=O) groups excluding carboxylic acids is 2. The monoisotopic (exact) mass is 364 g/mol. The molecule has 1 aromatic heterocycles. The number of ether oxygens (including phenoxy) is 1. The lowest BCUT2D eigenvalue weighted by Crippen LogP contribution is -2.38. The highest BCUT2D eigenvalue weighted by molar-refractivity contribution is 9.10. The van der Waals surface area contributed by atoms with Crippen LogP contribution in [0.3, 0.4) is 0 Å². The Hall–Kier alpha value is -2.28. The molecule has 0 fully saturated rings. The molecule has 6 nitrogen and oxygen atoms in total. The van der Waals surface area contributed by atoms with E-state index in [9.17, 15) is 9.59 Å². The number of nitrogens with zero attached hydrogens (tertiary/aromatic N) is 1. The summed E-state index contributed by atoms with van der Waals surface area (Å²) in [4.78, 5) is 25.4. The van der Waals surface area contributed by atoms with Crippen molar-refractivity contribution in [3.05, 3.63) is 40.8 Å². The summed E-state index contributed by atoms with van der Waals surface area (Å²) < 4.78 is 11.1. The van der Waals surface area contributed by atoms with Gasteiger partial charge in [0.2, 0.25) is 0 Å². The highest BCUT2D eigenvalue weighted by Crippen LogP contribution is 2.34. The van der Waals surface area contributed by atoms with E-state index in [0.29, 0.717) is 28.3 Å². The number of benzene rings is 1. The molecule has 0 saturated carbocycles. The van der Waals surface area contributed by atoms with Gasteiger partial charge in [0.05, 0.1) is 5.69 Å². The smallest absolute Gasteiger partial charge is 0.291 e. The Morgan fingerprint density at radius 2 is 2.18 bits per heavy atom. The molecular formula is C15H13BrN2O4. The third-order valence-electron chi connectivity index (χ3n) is 3.27. The number of anilines is 2. The molecule has 3 rings (SSSR count). The number of nitrogens with one attached hydrogen (secondary N) is 1. The van der Waals surface area contributed by atoms with E-state index < -0.39 is 0 Å². The Labute approximate surface area is 135 Å². The van der Waals surface area contributed by atoms with Crippen LogP contribution < -0.4 is 15.0 Å². The fourth-order valence-corrected chi connectivity index (χ4v) is 2.56. The number of hydrogen-bond acceptors (Lipinski definition) is 4. The Morgan fingerprint density at radius 3 is 2.86 bits per heavy atom. The zero-order valence-electron chi connectivity index (χ0n) is 11.8. The predicted octanol–water partition coefficient (Wildman–Crippen LogP) is 3.04. The number of furan rings is 1. The van der Waals surface area contributed by atoms with Crippen LogP contribution >= 0.6 is 15.9 Å². The maximum Gasteiger partial charge on any atom is 0.291 e.